The zero-order valence-electron chi connectivity index (χ0n) is 9.44. The predicted octanol–water partition coefficient (Wildman–Crippen LogP) is 2.55. The van der Waals surface area contributed by atoms with E-state index in [0.717, 1.165) is 37.7 Å². The van der Waals surface area contributed by atoms with Crippen LogP contribution in [0.2, 0.25) is 0 Å². The molecule has 0 unspecified atom stereocenters. The van der Waals surface area contributed by atoms with Gasteiger partial charge in [0.05, 0.1) is 25.1 Å². The van der Waals surface area contributed by atoms with Crippen LogP contribution in [-0.2, 0) is 4.74 Å². The Morgan fingerprint density at radius 3 is 2.88 bits per heavy atom. The van der Waals surface area contributed by atoms with Crippen LogP contribution in [0.1, 0.15) is 13.3 Å². The van der Waals surface area contributed by atoms with E-state index in [4.69, 9.17) is 15.2 Å². The Morgan fingerprint density at radius 2 is 2.25 bits per heavy atom. The molecule has 2 N–H and O–H groups in total. The van der Waals surface area contributed by atoms with Crippen molar-refractivity contribution in [3.8, 4) is 5.75 Å². The van der Waals surface area contributed by atoms with Crippen LogP contribution in [0.4, 0.5) is 5.69 Å². The first-order valence-corrected chi connectivity index (χ1v) is 6.43. The van der Waals surface area contributed by atoms with Crippen molar-refractivity contribution in [1.29, 1.82) is 0 Å². The third kappa shape index (κ3) is 3.06. The van der Waals surface area contributed by atoms with E-state index >= 15 is 0 Å². The second kappa shape index (κ2) is 5.46. The molecule has 1 heterocycles. The Labute approximate surface area is 100 Å². The minimum absolute atomic E-state index is 0.570. The monoisotopic (exact) mass is 239 g/mol. The van der Waals surface area contributed by atoms with Gasteiger partial charge in [-0.2, -0.15) is 0 Å². The zero-order chi connectivity index (χ0) is 11.4. The smallest absolute Gasteiger partial charge is 0.122 e. The first-order valence-electron chi connectivity index (χ1n) is 5.55. The number of nitrogens with two attached hydrogens (primary N) is 1. The fourth-order valence-electron chi connectivity index (χ4n) is 1.44. The molecule has 1 saturated heterocycles. The highest BCUT2D eigenvalue weighted by Gasteiger charge is 2.19. The van der Waals surface area contributed by atoms with E-state index in [1.54, 1.807) is 0 Å². The van der Waals surface area contributed by atoms with Crippen LogP contribution in [0.15, 0.2) is 23.1 Å². The average molecular weight is 239 g/mol. The quantitative estimate of drug-likeness (QED) is 0.802. The summed E-state index contributed by atoms with van der Waals surface area (Å²) >= 11 is 1.81. The molecule has 16 heavy (non-hydrogen) atoms. The molecule has 1 aromatic rings. The summed E-state index contributed by atoms with van der Waals surface area (Å²) in [5.74, 6) is 0.865. The fourth-order valence-corrected chi connectivity index (χ4v) is 2.54. The number of nitrogen functional groups attached to an aromatic ring is 1. The lowest BCUT2D eigenvalue weighted by atomic mass is 10.3. The number of hydrogen-bond donors (Lipinski definition) is 1. The lowest BCUT2D eigenvalue weighted by molar-refractivity contribution is 0.0455. The van der Waals surface area contributed by atoms with Crippen molar-refractivity contribution < 1.29 is 9.47 Å². The maximum absolute atomic E-state index is 5.84. The maximum atomic E-state index is 5.84. The number of thioether (sulfide) groups is 1. The van der Waals surface area contributed by atoms with Gasteiger partial charge in [-0.05, 0) is 18.6 Å². The van der Waals surface area contributed by atoms with Crippen molar-refractivity contribution in [1.82, 2.24) is 0 Å². The Hall–Kier alpha value is -0.870. The van der Waals surface area contributed by atoms with Gasteiger partial charge in [0.1, 0.15) is 5.75 Å². The molecule has 88 valence electrons. The lowest BCUT2D eigenvalue weighted by Crippen LogP contribution is -2.30. The highest BCUT2D eigenvalue weighted by Crippen LogP contribution is 2.32. The molecule has 0 aromatic heterocycles. The molecule has 0 aliphatic carbocycles. The molecule has 1 fully saturated rings. The third-order valence-electron chi connectivity index (χ3n) is 2.29. The molecular weight excluding hydrogens is 222 g/mol. The van der Waals surface area contributed by atoms with Crippen LogP contribution < -0.4 is 10.5 Å². The first kappa shape index (κ1) is 11.6. The van der Waals surface area contributed by atoms with E-state index in [1.165, 1.54) is 4.90 Å². The summed E-state index contributed by atoms with van der Waals surface area (Å²) in [5.41, 5.74) is 6.60. The molecule has 0 bridgehead atoms. The summed E-state index contributed by atoms with van der Waals surface area (Å²) in [6.45, 7) is 4.50. The molecule has 0 spiro atoms. The number of rotatable bonds is 5. The van der Waals surface area contributed by atoms with Gasteiger partial charge in [-0.3, -0.25) is 0 Å². The van der Waals surface area contributed by atoms with Crippen LogP contribution in [0, 0.1) is 0 Å². The van der Waals surface area contributed by atoms with Crippen molar-refractivity contribution in [3.05, 3.63) is 18.2 Å². The van der Waals surface area contributed by atoms with E-state index in [0.29, 0.717) is 5.25 Å². The number of ether oxygens (including phenoxy) is 2. The van der Waals surface area contributed by atoms with Gasteiger partial charge in [-0.15, -0.1) is 11.8 Å². The summed E-state index contributed by atoms with van der Waals surface area (Å²) in [4.78, 5) is 1.17. The Balaban J connectivity index is 2.02. The normalized spacial score (nSPS) is 15.8. The van der Waals surface area contributed by atoms with Crippen LogP contribution in [0.25, 0.3) is 0 Å². The van der Waals surface area contributed by atoms with Gasteiger partial charge < -0.3 is 15.2 Å². The van der Waals surface area contributed by atoms with E-state index in [9.17, 15) is 0 Å². The van der Waals surface area contributed by atoms with Gasteiger partial charge in [0.2, 0.25) is 0 Å². The van der Waals surface area contributed by atoms with E-state index < -0.39 is 0 Å². The number of benzene rings is 1. The molecular formula is C12H17NO2S. The Bertz CT molecular complexity index is 353. The molecule has 0 amide bonds. The molecule has 4 heteroatoms. The topological polar surface area (TPSA) is 44.5 Å². The highest BCUT2D eigenvalue weighted by atomic mass is 32.2. The molecule has 0 saturated carbocycles. The Kier molecular flexibility index (Phi) is 3.96. The fraction of sp³-hybridized carbons (Fsp3) is 0.500. The van der Waals surface area contributed by atoms with Crippen LogP contribution >= 0.6 is 11.8 Å². The van der Waals surface area contributed by atoms with Crippen molar-refractivity contribution in [2.24, 2.45) is 0 Å². The minimum Gasteiger partial charge on any atom is -0.493 e. The van der Waals surface area contributed by atoms with Crippen LogP contribution in [0.5, 0.6) is 5.75 Å². The second-order valence-electron chi connectivity index (χ2n) is 3.86. The minimum atomic E-state index is 0.570. The van der Waals surface area contributed by atoms with E-state index in [1.807, 2.05) is 23.9 Å². The zero-order valence-corrected chi connectivity index (χ0v) is 10.3. The second-order valence-corrected chi connectivity index (χ2v) is 5.24. The molecule has 2 rings (SSSR count). The van der Waals surface area contributed by atoms with E-state index in [2.05, 4.69) is 13.0 Å². The van der Waals surface area contributed by atoms with Gasteiger partial charge in [0.25, 0.3) is 0 Å². The predicted molar refractivity (Wildman–Crippen MR) is 67.1 cm³/mol. The Morgan fingerprint density at radius 1 is 1.44 bits per heavy atom. The summed E-state index contributed by atoms with van der Waals surface area (Å²) in [7, 11) is 0. The average Bonchev–Trinajstić information content (AvgIpc) is 2.20. The van der Waals surface area contributed by atoms with Crippen molar-refractivity contribution in [3.63, 3.8) is 0 Å². The largest absolute Gasteiger partial charge is 0.493 e. The van der Waals surface area contributed by atoms with Crippen molar-refractivity contribution >= 4 is 17.4 Å². The summed E-state index contributed by atoms with van der Waals surface area (Å²) < 4.78 is 10.7. The van der Waals surface area contributed by atoms with Crippen LogP contribution in [-0.4, -0.2) is 25.1 Å². The summed E-state index contributed by atoms with van der Waals surface area (Å²) in [6.07, 6.45) is 1.01. The SMILES string of the molecule is CCCOc1cc(N)cc(SC2COC2)c1. The van der Waals surface area contributed by atoms with E-state index in [-0.39, 0.29) is 0 Å². The van der Waals surface area contributed by atoms with Gasteiger partial charge in [0, 0.05) is 16.6 Å². The van der Waals surface area contributed by atoms with Gasteiger partial charge >= 0.3 is 0 Å². The molecule has 0 radical (unpaired) electrons. The molecule has 1 aromatic carbocycles. The summed E-state index contributed by atoms with van der Waals surface area (Å²) in [5, 5.41) is 0.570. The van der Waals surface area contributed by atoms with Gasteiger partial charge in [0.15, 0.2) is 0 Å². The number of hydrogen-bond acceptors (Lipinski definition) is 4. The number of anilines is 1. The van der Waals surface area contributed by atoms with Crippen LogP contribution in [0.3, 0.4) is 0 Å². The third-order valence-corrected chi connectivity index (χ3v) is 3.40. The highest BCUT2D eigenvalue weighted by molar-refractivity contribution is 8.00. The van der Waals surface area contributed by atoms with Crippen molar-refractivity contribution in [2.75, 3.05) is 25.6 Å². The van der Waals surface area contributed by atoms with Crippen molar-refractivity contribution in [2.45, 2.75) is 23.5 Å². The molecule has 0 atom stereocenters. The molecule has 1 aliphatic heterocycles. The maximum Gasteiger partial charge on any atom is 0.122 e. The molecule has 3 nitrogen and oxygen atoms in total. The standard InChI is InChI=1S/C12H17NO2S/c1-2-3-15-10-4-9(13)5-11(6-10)16-12-7-14-8-12/h4-6,12H,2-3,7-8,13H2,1H3. The molecule has 1 aliphatic rings. The lowest BCUT2D eigenvalue weighted by Gasteiger charge is -2.25. The van der Waals surface area contributed by atoms with Gasteiger partial charge in [-0.25, -0.2) is 0 Å². The summed E-state index contributed by atoms with van der Waals surface area (Å²) in [6, 6.07) is 5.91. The first-order chi connectivity index (χ1) is 7.78. The van der Waals surface area contributed by atoms with Gasteiger partial charge in [-0.1, -0.05) is 6.92 Å².